The molecule has 1 aromatic heterocycles. The third kappa shape index (κ3) is 5.16. The zero-order valence-electron chi connectivity index (χ0n) is 12.4. The molecule has 0 saturated carbocycles. The van der Waals surface area contributed by atoms with Gasteiger partial charge in [0.05, 0.1) is 24.9 Å². The van der Waals surface area contributed by atoms with E-state index in [1.807, 2.05) is 35.9 Å². The van der Waals surface area contributed by atoms with Crippen molar-refractivity contribution in [3.05, 3.63) is 40.9 Å². The monoisotopic (exact) mass is 335 g/mol. The fraction of sp³-hybridized carbons (Fsp3) is 0.267. The molecule has 0 saturated heterocycles. The van der Waals surface area contributed by atoms with Gasteiger partial charge in [0, 0.05) is 10.3 Å². The van der Waals surface area contributed by atoms with Crippen LogP contribution in [0.5, 0.6) is 0 Å². The van der Waals surface area contributed by atoms with E-state index in [1.165, 1.54) is 16.2 Å². The number of hydrazone groups is 1. The number of anilines is 1. The van der Waals surface area contributed by atoms with E-state index >= 15 is 0 Å². The van der Waals surface area contributed by atoms with E-state index in [0.717, 1.165) is 5.56 Å². The molecule has 2 aromatic rings. The number of carbonyl (C=O) groups excluding carboxylic acids is 1. The summed E-state index contributed by atoms with van der Waals surface area (Å²) in [6.07, 6.45) is 3.96. The van der Waals surface area contributed by atoms with Crippen molar-refractivity contribution >= 4 is 40.4 Å². The zero-order chi connectivity index (χ0) is 15.8. The summed E-state index contributed by atoms with van der Waals surface area (Å²) in [5, 5.41) is 6.62. The second-order valence-electron chi connectivity index (χ2n) is 4.27. The normalized spacial score (nSPS) is 10.8. The molecule has 1 aromatic carbocycles. The number of thioether (sulfide) groups is 1. The van der Waals surface area contributed by atoms with Gasteiger partial charge >= 0.3 is 5.97 Å². The van der Waals surface area contributed by atoms with E-state index in [2.05, 4.69) is 15.5 Å². The van der Waals surface area contributed by atoms with Crippen LogP contribution >= 0.6 is 23.1 Å². The van der Waals surface area contributed by atoms with Gasteiger partial charge in [0.1, 0.15) is 0 Å². The topological polar surface area (TPSA) is 63.6 Å². The molecule has 0 aliphatic carbocycles. The summed E-state index contributed by atoms with van der Waals surface area (Å²) in [5.74, 6) is -0.267. The van der Waals surface area contributed by atoms with Gasteiger partial charge in [-0.15, -0.1) is 23.1 Å². The molecule has 22 heavy (non-hydrogen) atoms. The minimum absolute atomic E-state index is 0.186. The van der Waals surface area contributed by atoms with Crippen molar-refractivity contribution in [2.45, 2.75) is 18.2 Å². The standard InChI is InChI=1S/C15H17N3O2S2/c1-3-20-14(19)8-12-10-22-15(17-12)18-16-9-11-4-6-13(21-2)7-5-11/h4-7,9-10H,3,8H2,1-2H3,(H,17,18)/b16-9-. The first-order valence-corrected chi connectivity index (χ1v) is 8.85. The maximum atomic E-state index is 11.4. The molecule has 0 amide bonds. The average molecular weight is 335 g/mol. The Labute approximate surface area is 137 Å². The average Bonchev–Trinajstić information content (AvgIpc) is 2.95. The van der Waals surface area contributed by atoms with E-state index in [9.17, 15) is 4.79 Å². The van der Waals surface area contributed by atoms with Gasteiger partial charge in [0.15, 0.2) is 0 Å². The van der Waals surface area contributed by atoms with E-state index < -0.39 is 0 Å². The van der Waals surface area contributed by atoms with Crippen molar-refractivity contribution in [1.82, 2.24) is 4.98 Å². The number of nitrogens with one attached hydrogen (secondary N) is 1. The summed E-state index contributed by atoms with van der Waals surface area (Å²) in [4.78, 5) is 16.9. The number of esters is 1. The Morgan fingerprint density at radius 2 is 2.23 bits per heavy atom. The molecule has 0 atom stereocenters. The Hall–Kier alpha value is -1.86. The SMILES string of the molecule is CCOC(=O)Cc1csc(N/N=C\c2ccc(SC)cc2)n1. The zero-order valence-corrected chi connectivity index (χ0v) is 14.0. The highest BCUT2D eigenvalue weighted by atomic mass is 32.2. The molecule has 0 bridgehead atoms. The van der Waals surface area contributed by atoms with Gasteiger partial charge in [0.2, 0.25) is 5.13 Å². The lowest BCUT2D eigenvalue weighted by Gasteiger charge is -1.98. The molecule has 5 nitrogen and oxygen atoms in total. The molecule has 1 N–H and O–H groups in total. The van der Waals surface area contributed by atoms with Gasteiger partial charge in [-0.2, -0.15) is 5.10 Å². The predicted octanol–water partition coefficient (Wildman–Crippen LogP) is 3.42. The molecule has 0 radical (unpaired) electrons. The van der Waals surface area contributed by atoms with Gasteiger partial charge in [-0.05, 0) is 30.9 Å². The minimum Gasteiger partial charge on any atom is -0.466 e. The van der Waals surface area contributed by atoms with E-state index in [1.54, 1.807) is 24.9 Å². The number of benzene rings is 1. The van der Waals surface area contributed by atoms with E-state index in [-0.39, 0.29) is 12.4 Å². The highest BCUT2D eigenvalue weighted by Gasteiger charge is 2.07. The Bertz CT molecular complexity index is 638. The molecule has 0 fully saturated rings. The summed E-state index contributed by atoms with van der Waals surface area (Å²) in [6, 6.07) is 8.11. The second-order valence-corrected chi connectivity index (χ2v) is 6.01. The minimum atomic E-state index is -0.267. The maximum absolute atomic E-state index is 11.4. The van der Waals surface area contributed by atoms with Crippen LogP contribution in [0.4, 0.5) is 5.13 Å². The highest BCUT2D eigenvalue weighted by molar-refractivity contribution is 7.98. The number of aromatic nitrogens is 1. The van der Waals surface area contributed by atoms with Crippen molar-refractivity contribution in [2.24, 2.45) is 5.10 Å². The third-order valence-electron chi connectivity index (χ3n) is 2.67. The number of rotatable bonds is 7. The van der Waals surface area contributed by atoms with Crippen LogP contribution in [0.3, 0.4) is 0 Å². The molecule has 0 unspecified atom stereocenters. The summed E-state index contributed by atoms with van der Waals surface area (Å²) < 4.78 is 4.89. The molecule has 0 spiro atoms. The van der Waals surface area contributed by atoms with Crippen LogP contribution in [0, 0.1) is 0 Å². The first kappa shape index (κ1) is 16.5. The van der Waals surface area contributed by atoms with Crippen LogP contribution < -0.4 is 5.43 Å². The third-order valence-corrected chi connectivity index (χ3v) is 4.21. The molecule has 2 rings (SSSR count). The summed E-state index contributed by atoms with van der Waals surface area (Å²) in [6.45, 7) is 2.17. The molecular weight excluding hydrogens is 318 g/mol. The van der Waals surface area contributed by atoms with Gasteiger partial charge in [-0.1, -0.05) is 12.1 Å². The number of carbonyl (C=O) groups is 1. The van der Waals surface area contributed by atoms with Crippen LogP contribution in [0.25, 0.3) is 0 Å². The quantitative estimate of drug-likeness (QED) is 0.363. The lowest BCUT2D eigenvalue weighted by Crippen LogP contribution is -2.07. The van der Waals surface area contributed by atoms with Crippen LogP contribution in [0.2, 0.25) is 0 Å². The first-order chi connectivity index (χ1) is 10.7. The van der Waals surface area contributed by atoms with Gasteiger partial charge in [-0.3, -0.25) is 10.2 Å². The smallest absolute Gasteiger partial charge is 0.311 e. The molecule has 0 aliphatic heterocycles. The van der Waals surface area contributed by atoms with Crippen LogP contribution in [0.1, 0.15) is 18.2 Å². The Morgan fingerprint density at radius 1 is 1.45 bits per heavy atom. The van der Waals surface area contributed by atoms with Crippen molar-refractivity contribution < 1.29 is 9.53 Å². The summed E-state index contributed by atoms with van der Waals surface area (Å²) in [5.41, 5.74) is 4.56. The molecule has 116 valence electrons. The largest absolute Gasteiger partial charge is 0.466 e. The Morgan fingerprint density at radius 3 is 2.91 bits per heavy atom. The Kier molecular flexibility index (Phi) is 6.42. The fourth-order valence-corrected chi connectivity index (χ4v) is 2.72. The van der Waals surface area contributed by atoms with Gasteiger partial charge in [0.25, 0.3) is 0 Å². The van der Waals surface area contributed by atoms with Crippen LogP contribution in [0.15, 0.2) is 39.6 Å². The molecule has 7 heteroatoms. The van der Waals surface area contributed by atoms with Gasteiger partial charge < -0.3 is 4.74 Å². The number of hydrogen-bond acceptors (Lipinski definition) is 7. The second kappa shape index (κ2) is 8.55. The number of hydrogen-bond donors (Lipinski definition) is 1. The number of thiazole rings is 1. The molecule has 0 aliphatic rings. The molecule has 1 heterocycles. The van der Waals surface area contributed by atoms with Crippen molar-refractivity contribution in [3.8, 4) is 0 Å². The summed E-state index contributed by atoms with van der Waals surface area (Å²) in [7, 11) is 0. The maximum Gasteiger partial charge on any atom is 0.311 e. The van der Waals surface area contributed by atoms with Crippen LogP contribution in [-0.2, 0) is 16.0 Å². The highest BCUT2D eigenvalue weighted by Crippen LogP contribution is 2.16. The van der Waals surface area contributed by atoms with Crippen LogP contribution in [-0.4, -0.2) is 30.0 Å². The van der Waals surface area contributed by atoms with Crippen molar-refractivity contribution in [2.75, 3.05) is 18.3 Å². The predicted molar refractivity (Wildman–Crippen MR) is 91.9 cm³/mol. The van der Waals surface area contributed by atoms with E-state index in [0.29, 0.717) is 17.4 Å². The first-order valence-electron chi connectivity index (χ1n) is 6.74. The lowest BCUT2D eigenvalue weighted by molar-refractivity contribution is -0.142. The van der Waals surface area contributed by atoms with Gasteiger partial charge in [-0.25, -0.2) is 4.98 Å². The fourth-order valence-electron chi connectivity index (χ4n) is 1.65. The summed E-state index contributed by atoms with van der Waals surface area (Å²) >= 11 is 3.11. The van der Waals surface area contributed by atoms with Crippen molar-refractivity contribution in [3.63, 3.8) is 0 Å². The Balaban J connectivity index is 1.87. The molecular formula is C15H17N3O2S2. The number of ether oxygens (including phenoxy) is 1. The van der Waals surface area contributed by atoms with Crippen molar-refractivity contribution in [1.29, 1.82) is 0 Å². The van der Waals surface area contributed by atoms with E-state index in [4.69, 9.17) is 4.74 Å². The number of nitrogens with zero attached hydrogens (tertiary/aromatic N) is 2. The lowest BCUT2D eigenvalue weighted by atomic mass is 10.2.